The number of nitrogens with one attached hydrogen (secondary N) is 1. The van der Waals surface area contributed by atoms with Crippen LogP contribution in [0.15, 0.2) is 70.8 Å². The van der Waals surface area contributed by atoms with Gasteiger partial charge in [-0.05, 0) is 54.1 Å². The van der Waals surface area contributed by atoms with E-state index in [2.05, 4.69) is 14.4 Å². The molecule has 0 bridgehead atoms. The van der Waals surface area contributed by atoms with E-state index in [0.717, 1.165) is 23.9 Å². The van der Waals surface area contributed by atoms with Crippen LogP contribution in [0, 0.1) is 17.5 Å². The molecule has 0 aliphatic rings. The highest BCUT2D eigenvalue weighted by molar-refractivity contribution is 7.98. The van der Waals surface area contributed by atoms with E-state index < -0.39 is 62.7 Å². The van der Waals surface area contributed by atoms with Crippen LogP contribution in [0.25, 0.3) is 5.69 Å². The summed E-state index contributed by atoms with van der Waals surface area (Å²) in [5, 5.41) is 0.130. The third-order valence-corrected chi connectivity index (χ3v) is 10.9. The number of ether oxygens (including phenoxy) is 2. The van der Waals surface area contributed by atoms with Crippen LogP contribution in [-0.4, -0.2) is 75.6 Å². The molecule has 0 fully saturated rings. The average molecular weight is 794 g/mol. The van der Waals surface area contributed by atoms with Crippen molar-refractivity contribution in [1.82, 2.24) is 14.3 Å². The van der Waals surface area contributed by atoms with Crippen molar-refractivity contribution in [3.05, 3.63) is 100 Å². The smallest absolute Gasteiger partial charge is 0.491 e. The van der Waals surface area contributed by atoms with Gasteiger partial charge in [0.1, 0.15) is 11.6 Å². The second-order valence-corrected chi connectivity index (χ2v) is 16.1. The van der Waals surface area contributed by atoms with E-state index in [1.54, 1.807) is 22.9 Å². The normalized spacial score (nSPS) is 13.2. The second kappa shape index (κ2) is 15.7. The fourth-order valence-electron chi connectivity index (χ4n) is 5.12. The van der Waals surface area contributed by atoms with Crippen LogP contribution in [0.4, 0.5) is 26.3 Å². The molecule has 4 rings (SSSR count). The molecule has 1 unspecified atom stereocenters. The standard InChI is InChI=1S/C34H36ClF6N4O5S2/c1-33(2,20-7-12-26(37)28(15-20)49-6)29-18-42-32(44(29)22-10-8-21(36)9-11-22)51-19-24-25(35)16-23(17-27(24)38)52(47,48)43-14-13-30(45(3,4)5)50-31(46)34(39,40)41/h7-12,15-18,30,43H,13-14,19H2,1-6H3/q+1. The van der Waals surface area contributed by atoms with E-state index in [0.29, 0.717) is 22.1 Å². The average Bonchev–Trinajstić information content (AvgIpc) is 3.48. The minimum atomic E-state index is -5.24. The van der Waals surface area contributed by atoms with Gasteiger partial charge in [-0.25, -0.2) is 36.1 Å². The number of carbonyl (C=O) groups is 1. The Morgan fingerprint density at radius 2 is 1.67 bits per heavy atom. The molecule has 9 nitrogen and oxygen atoms in total. The summed E-state index contributed by atoms with van der Waals surface area (Å²) in [6, 6.07) is 11.9. The van der Waals surface area contributed by atoms with Crippen molar-refractivity contribution in [2.45, 2.75) is 53.9 Å². The first kappa shape index (κ1) is 41.0. The van der Waals surface area contributed by atoms with Gasteiger partial charge in [-0.1, -0.05) is 43.3 Å². The van der Waals surface area contributed by atoms with Gasteiger partial charge < -0.3 is 9.47 Å². The van der Waals surface area contributed by atoms with Crippen molar-refractivity contribution in [2.24, 2.45) is 0 Å². The number of alkyl halides is 3. The van der Waals surface area contributed by atoms with Crippen molar-refractivity contribution in [3.63, 3.8) is 0 Å². The number of hydrogen-bond acceptors (Lipinski definition) is 7. The summed E-state index contributed by atoms with van der Waals surface area (Å²) < 4.78 is 121. The third kappa shape index (κ3) is 9.41. The van der Waals surface area contributed by atoms with Gasteiger partial charge in [0.05, 0.1) is 51.5 Å². The number of aromatic nitrogens is 2. The molecule has 1 aromatic heterocycles. The molecule has 52 heavy (non-hydrogen) atoms. The maximum atomic E-state index is 15.5. The van der Waals surface area contributed by atoms with Crippen LogP contribution in [-0.2, 0) is 30.7 Å². The zero-order valence-corrected chi connectivity index (χ0v) is 31.2. The van der Waals surface area contributed by atoms with Gasteiger partial charge >= 0.3 is 12.1 Å². The van der Waals surface area contributed by atoms with Crippen LogP contribution >= 0.6 is 23.4 Å². The number of carbonyl (C=O) groups excluding carboxylic acids is 1. The summed E-state index contributed by atoms with van der Waals surface area (Å²) in [6.45, 7) is 3.32. The molecule has 1 heterocycles. The quantitative estimate of drug-likeness (QED) is 0.0468. The minimum absolute atomic E-state index is 0.0404. The van der Waals surface area contributed by atoms with Crippen molar-refractivity contribution >= 4 is 39.4 Å². The SMILES string of the molecule is COc1cc(C(C)(C)c2cnc(SCc3c(F)cc(S(=O)(=O)NCCC(OC(=O)C(F)(F)F)[N+](C)(C)C)cc3Cl)n2-c2ccc(F)cc2)ccc1F. The Morgan fingerprint density at radius 3 is 2.25 bits per heavy atom. The lowest BCUT2D eigenvalue weighted by molar-refractivity contribution is -0.917. The molecule has 0 saturated heterocycles. The van der Waals surface area contributed by atoms with E-state index in [9.17, 15) is 35.2 Å². The Balaban J connectivity index is 1.58. The van der Waals surface area contributed by atoms with Gasteiger partial charge in [0.2, 0.25) is 16.3 Å². The van der Waals surface area contributed by atoms with Crippen LogP contribution in [0.3, 0.4) is 0 Å². The van der Waals surface area contributed by atoms with Crippen LogP contribution < -0.4 is 9.46 Å². The first-order valence-electron chi connectivity index (χ1n) is 15.4. The number of nitrogens with zero attached hydrogens (tertiary/aromatic N) is 3. The van der Waals surface area contributed by atoms with E-state index in [1.807, 2.05) is 13.8 Å². The number of methoxy groups -OCH3 is 1. The summed E-state index contributed by atoms with van der Waals surface area (Å²) >= 11 is 7.47. The van der Waals surface area contributed by atoms with Crippen molar-refractivity contribution in [2.75, 3.05) is 34.8 Å². The summed E-state index contributed by atoms with van der Waals surface area (Å²) in [7, 11) is 1.33. The molecule has 4 aromatic rings. The topological polar surface area (TPSA) is 99.5 Å². The predicted octanol–water partition coefficient (Wildman–Crippen LogP) is 7.38. The number of benzene rings is 3. The predicted molar refractivity (Wildman–Crippen MR) is 183 cm³/mol. The lowest BCUT2D eigenvalue weighted by Crippen LogP contribution is -2.50. The molecule has 0 saturated carbocycles. The molecule has 0 amide bonds. The Kier molecular flexibility index (Phi) is 12.4. The van der Waals surface area contributed by atoms with E-state index in [1.165, 1.54) is 58.6 Å². The molecule has 3 aromatic carbocycles. The fraction of sp³-hybridized carbons (Fsp3) is 0.353. The molecule has 282 valence electrons. The fourth-order valence-corrected chi connectivity index (χ4v) is 7.65. The van der Waals surface area contributed by atoms with Gasteiger partial charge in [-0.3, -0.25) is 9.05 Å². The van der Waals surface area contributed by atoms with Gasteiger partial charge in [0.25, 0.3) is 0 Å². The second-order valence-electron chi connectivity index (χ2n) is 13.0. The van der Waals surface area contributed by atoms with E-state index >= 15 is 4.39 Å². The van der Waals surface area contributed by atoms with Crippen LogP contribution in [0.5, 0.6) is 5.75 Å². The van der Waals surface area contributed by atoms with Crippen molar-refractivity contribution in [3.8, 4) is 11.4 Å². The number of quaternary nitrogens is 1. The number of thioether (sulfide) groups is 1. The lowest BCUT2D eigenvalue weighted by atomic mass is 9.81. The summed E-state index contributed by atoms with van der Waals surface area (Å²) in [4.78, 5) is 15.4. The zero-order valence-electron chi connectivity index (χ0n) is 28.8. The first-order chi connectivity index (χ1) is 24.1. The Labute approximate surface area is 306 Å². The monoisotopic (exact) mass is 793 g/mol. The maximum Gasteiger partial charge on any atom is 0.491 e. The van der Waals surface area contributed by atoms with Crippen LogP contribution in [0.1, 0.15) is 37.1 Å². The highest BCUT2D eigenvalue weighted by Gasteiger charge is 2.44. The van der Waals surface area contributed by atoms with Crippen molar-refractivity contribution in [1.29, 1.82) is 0 Å². The number of rotatable bonds is 14. The number of sulfonamides is 1. The van der Waals surface area contributed by atoms with Crippen LogP contribution in [0.2, 0.25) is 5.02 Å². The summed E-state index contributed by atoms with van der Waals surface area (Å²) in [5.74, 6) is -4.46. The van der Waals surface area contributed by atoms with Gasteiger partial charge in [-0.15, -0.1) is 0 Å². The number of halogens is 7. The Hall–Kier alpha value is -3.77. The molecule has 0 spiro atoms. The molecular weight excluding hydrogens is 758 g/mol. The Bertz CT molecular complexity index is 2010. The van der Waals surface area contributed by atoms with Gasteiger partial charge in [0, 0.05) is 34.0 Å². The number of hydrogen-bond donors (Lipinski definition) is 1. The van der Waals surface area contributed by atoms with E-state index in [4.69, 9.17) is 16.3 Å². The molecule has 1 N–H and O–H groups in total. The first-order valence-corrected chi connectivity index (χ1v) is 18.3. The summed E-state index contributed by atoms with van der Waals surface area (Å²) in [5.41, 5.74) is 0.972. The molecule has 0 aliphatic heterocycles. The Morgan fingerprint density at radius 1 is 1.02 bits per heavy atom. The lowest BCUT2D eigenvalue weighted by Gasteiger charge is -2.33. The molecule has 18 heteroatoms. The highest BCUT2D eigenvalue weighted by Crippen LogP contribution is 2.39. The van der Waals surface area contributed by atoms with E-state index in [-0.39, 0.29) is 33.0 Å². The number of imidazole rings is 1. The molecule has 0 radical (unpaired) electrons. The number of esters is 1. The minimum Gasteiger partial charge on any atom is -0.494 e. The zero-order chi connectivity index (χ0) is 38.8. The molecular formula is C34H36ClF6N4O5S2+. The van der Waals surface area contributed by atoms with Crippen molar-refractivity contribution < 1.29 is 53.5 Å². The molecule has 1 atom stereocenters. The summed E-state index contributed by atoms with van der Waals surface area (Å²) in [6.07, 6.45) is -5.33. The largest absolute Gasteiger partial charge is 0.494 e. The highest BCUT2D eigenvalue weighted by atomic mass is 35.5. The van der Waals surface area contributed by atoms with Gasteiger partial charge in [-0.2, -0.15) is 13.2 Å². The maximum absolute atomic E-state index is 15.5. The third-order valence-electron chi connectivity index (χ3n) is 8.12. The molecule has 0 aliphatic carbocycles. The van der Waals surface area contributed by atoms with Gasteiger partial charge in [0.15, 0.2) is 16.7 Å².